The van der Waals surface area contributed by atoms with Gasteiger partial charge in [-0.3, -0.25) is 14.7 Å². The predicted molar refractivity (Wildman–Crippen MR) is 111 cm³/mol. The maximum Gasteiger partial charge on any atom is 0.321 e. The maximum absolute atomic E-state index is 14.0. The normalized spacial score (nSPS) is 14.5. The summed E-state index contributed by atoms with van der Waals surface area (Å²) in [5.41, 5.74) is 1.81. The number of pyridine rings is 1. The zero-order valence-corrected chi connectivity index (χ0v) is 17.1. The summed E-state index contributed by atoms with van der Waals surface area (Å²) >= 11 is 0. The van der Waals surface area contributed by atoms with E-state index in [0.29, 0.717) is 56.9 Å². The number of carbonyl (C=O) groups excluding carboxylic acids is 2. The summed E-state index contributed by atoms with van der Waals surface area (Å²) < 4.78 is 27.1. The third kappa shape index (κ3) is 5.10. The minimum atomic E-state index is -0.589. The first-order valence-electron chi connectivity index (χ1n) is 9.79. The first-order valence-corrected chi connectivity index (χ1v) is 9.79. The Morgan fingerprint density at radius 2 is 1.97 bits per heavy atom. The first kappa shape index (κ1) is 21.6. The topological polar surface area (TPSA) is 68.8 Å². The lowest BCUT2D eigenvalue weighted by Gasteiger charge is -2.36. The highest BCUT2D eigenvalue weighted by Gasteiger charge is 2.20. The van der Waals surface area contributed by atoms with Crippen molar-refractivity contribution < 1.29 is 18.4 Å². The second-order valence-corrected chi connectivity index (χ2v) is 7.20. The summed E-state index contributed by atoms with van der Waals surface area (Å²) in [5, 5.41) is 2.72. The first-order chi connectivity index (χ1) is 14.4. The van der Waals surface area contributed by atoms with E-state index in [9.17, 15) is 18.4 Å². The lowest BCUT2D eigenvalue weighted by Crippen LogP contribution is -2.46. The molecule has 2 amide bonds. The van der Waals surface area contributed by atoms with Crippen LogP contribution in [0.2, 0.25) is 0 Å². The maximum atomic E-state index is 14.0. The Bertz CT molecular complexity index is 916. The van der Waals surface area contributed by atoms with Crippen LogP contribution in [-0.4, -0.2) is 66.9 Å². The summed E-state index contributed by atoms with van der Waals surface area (Å²) in [5.74, 6) is -1.15. The number of piperazine rings is 1. The van der Waals surface area contributed by atoms with Gasteiger partial charge in [0.2, 0.25) is 0 Å². The summed E-state index contributed by atoms with van der Waals surface area (Å²) in [6, 6.07) is 5.06. The zero-order valence-electron chi connectivity index (χ0n) is 17.1. The Hall–Kier alpha value is -3.07. The SMILES string of the molecule is CCN(C)C(=O)Nc1cc(CN2CCN(c3ccc(F)cc3F)CC2)cnc1C=O. The van der Waals surface area contributed by atoms with Crippen molar-refractivity contribution in [3.63, 3.8) is 0 Å². The Morgan fingerprint density at radius 3 is 2.60 bits per heavy atom. The molecule has 0 radical (unpaired) electrons. The summed E-state index contributed by atoms with van der Waals surface area (Å²) in [6.45, 7) is 5.55. The molecule has 0 atom stereocenters. The van der Waals surface area contributed by atoms with E-state index in [1.807, 2.05) is 11.8 Å². The molecule has 0 bridgehead atoms. The van der Waals surface area contributed by atoms with Crippen molar-refractivity contribution in [2.45, 2.75) is 13.5 Å². The number of hydrogen-bond donors (Lipinski definition) is 1. The van der Waals surface area contributed by atoms with E-state index >= 15 is 0 Å². The van der Waals surface area contributed by atoms with Gasteiger partial charge in [-0.05, 0) is 30.7 Å². The molecule has 0 spiro atoms. The van der Waals surface area contributed by atoms with Crippen LogP contribution in [0.5, 0.6) is 0 Å². The monoisotopic (exact) mass is 417 g/mol. The summed E-state index contributed by atoms with van der Waals surface area (Å²) in [6.07, 6.45) is 2.23. The number of carbonyl (C=O) groups is 2. The number of aromatic nitrogens is 1. The Balaban J connectivity index is 1.63. The van der Waals surface area contributed by atoms with E-state index in [-0.39, 0.29) is 11.7 Å². The molecule has 9 heteroatoms. The number of hydrogen-bond acceptors (Lipinski definition) is 5. The highest BCUT2D eigenvalue weighted by atomic mass is 19.1. The molecule has 160 valence electrons. The van der Waals surface area contributed by atoms with Gasteiger partial charge in [-0.2, -0.15) is 0 Å². The smallest absolute Gasteiger partial charge is 0.321 e. The van der Waals surface area contributed by atoms with Crippen molar-refractivity contribution >= 4 is 23.7 Å². The number of halogens is 2. The van der Waals surface area contributed by atoms with Crippen molar-refractivity contribution in [1.29, 1.82) is 0 Å². The van der Waals surface area contributed by atoms with Crippen molar-refractivity contribution in [1.82, 2.24) is 14.8 Å². The quantitative estimate of drug-likeness (QED) is 0.732. The van der Waals surface area contributed by atoms with Gasteiger partial charge < -0.3 is 15.1 Å². The fourth-order valence-electron chi connectivity index (χ4n) is 3.30. The number of amides is 2. The molecular formula is C21H25F2N5O2. The second-order valence-electron chi connectivity index (χ2n) is 7.20. The molecule has 1 aromatic heterocycles. The molecule has 0 aliphatic carbocycles. The Kier molecular flexibility index (Phi) is 6.94. The number of nitrogens with zero attached hydrogens (tertiary/aromatic N) is 4. The Labute approximate surface area is 174 Å². The summed E-state index contributed by atoms with van der Waals surface area (Å²) in [4.78, 5) is 33.1. The molecule has 1 aromatic carbocycles. The fourth-order valence-corrected chi connectivity index (χ4v) is 3.30. The van der Waals surface area contributed by atoms with Crippen molar-refractivity contribution in [2.24, 2.45) is 0 Å². The van der Waals surface area contributed by atoms with Crippen LogP contribution in [0.1, 0.15) is 23.0 Å². The van der Waals surface area contributed by atoms with Crippen LogP contribution in [0, 0.1) is 11.6 Å². The molecule has 0 unspecified atom stereocenters. The summed E-state index contributed by atoms with van der Waals surface area (Å²) in [7, 11) is 1.66. The molecular weight excluding hydrogens is 392 g/mol. The molecule has 7 nitrogen and oxygen atoms in total. The van der Waals surface area contributed by atoms with Crippen LogP contribution >= 0.6 is 0 Å². The zero-order chi connectivity index (χ0) is 21.7. The molecule has 0 saturated carbocycles. The number of nitrogens with one attached hydrogen (secondary N) is 1. The standard InChI is InChI=1S/C21H25F2N5O2/c1-3-26(2)21(30)25-18-10-15(12-24-19(18)14-29)13-27-6-8-28(9-7-27)20-5-4-16(22)11-17(20)23/h4-5,10-12,14H,3,6-9,13H2,1-2H3,(H,25,30). The molecule has 1 fully saturated rings. The molecule has 3 rings (SSSR count). The molecule has 2 heterocycles. The van der Waals surface area contributed by atoms with Crippen LogP contribution in [-0.2, 0) is 6.54 Å². The molecule has 1 aliphatic heterocycles. The third-order valence-electron chi connectivity index (χ3n) is 5.18. The molecule has 30 heavy (non-hydrogen) atoms. The molecule has 2 aromatic rings. The van der Waals surface area contributed by atoms with Gasteiger partial charge in [0.05, 0.1) is 11.4 Å². The van der Waals surface area contributed by atoms with Gasteiger partial charge in [0.1, 0.15) is 17.3 Å². The van der Waals surface area contributed by atoms with Gasteiger partial charge in [-0.1, -0.05) is 0 Å². The lowest BCUT2D eigenvalue weighted by molar-refractivity contribution is 0.112. The van der Waals surface area contributed by atoms with Gasteiger partial charge in [-0.25, -0.2) is 13.6 Å². The minimum Gasteiger partial charge on any atom is -0.367 e. The van der Waals surface area contributed by atoms with Crippen LogP contribution in [0.15, 0.2) is 30.5 Å². The Morgan fingerprint density at radius 1 is 1.23 bits per heavy atom. The van der Waals surface area contributed by atoms with Gasteiger partial charge in [0.15, 0.2) is 6.29 Å². The molecule has 1 saturated heterocycles. The van der Waals surface area contributed by atoms with Gasteiger partial charge >= 0.3 is 6.03 Å². The van der Waals surface area contributed by atoms with Crippen LogP contribution in [0.25, 0.3) is 0 Å². The number of rotatable bonds is 6. The average Bonchev–Trinajstić information content (AvgIpc) is 2.74. The average molecular weight is 417 g/mol. The third-order valence-corrected chi connectivity index (χ3v) is 5.18. The molecule has 1 aliphatic rings. The van der Waals surface area contributed by atoms with Crippen LogP contribution in [0.3, 0.4) is 0 Å². The van der Waals surface area contributed by atoms with E-state index in [2.05, 4.69) is 15.2 Å². The number of benzene rings is 1. The van der Waals surface area contributed by atoms with E-state index in [4.69, 9.17) is 0 Å². The minimum absolute atomic E-state index is 0.174. The van der Waals surface area contributed by atoms with Crippen molar-refractivity contribution in [2.75, 3.05) is 50.0 Å². The van der Waals surface area contributed by atoms with Gasteiger partial charge in [0.25, 0.3) is 0 Å². The van der Waals surface area contributed by atoms with Gasteiger partial charge in [-0.15, -0.1) is 0 Å². The van der Waals surface area contributed by atoms with E-state index in [1.54, 1.807) is 19.3 Å². The highest BCUT2D eigenvalue weighted by Crippen LogP contribution is 2.22. The van der Waals surface area contributed by atoms with E-state index in [1.165, 1.54) is 17.0 Å². The number of aldehydes is 1. The van der Waals surface area contributed by atoms with E-state index < -0.39 is 11.6 Å². The largest absolute Gasteiger partial charge is 0.367 e. The van der Waals surface area contributed by atoms with Gasteiger partial charge in [0, 0.05) is 58.6 Å². The second kappa shape index (κ2) is 9.62. The van der Waals surface area contributed by atoms with Crippen LogP contribution < -0.4 is 10.2 Å². The fraction of sp³-hybridized carbons (Fsp3) is 0.381. The van der Waals surface area contributed by atoms with Crippen LogP contribution in [0.4, 0.5) is 25.0 Å². The van der Waals surface area contributed by atoms with Crippen molar-refractivity contribution in [3.8, 4) is 0 Å². The van der Waals surface area contributed by atoms with Crippen molar-refractivity contribution in [3.05, 3.63) is 53.4 Å². The predicted octanol–water partition coefficient (Wildman–Crippen LogP) is 2.98. The van der Waals surface area contributed by atoms with E-state index in [0.717, 1.165) is 11.6 Å². The number of urea groups is 1. The lowest BCUT2D eigenvalue weighted by atomic mass is 10.2. The molecule has 1 N–H and O–H groups in total. The highest BCUT2D eigenvalue weighted by molar-refractivity contribution is 5.94. The number of anilines is 2.